The first-order valence-electron chi connectivity index (χ1n) is 11.4. The number of piperazine rings is 1. The number of nitrogens with zero attached hydrogens (tertiary/aromatic N) is 3. The van der Waals surface area contributed by atoms with Crippen LogP contribution >= 0.6 is 0 Å². The summed E-state index contributed by atoms with van der Waals surface area (Å²) in [4.78, 5) is 22.6. The summed E-state index contributed by atoms with van der Waals surface area (Å²) >= 11 is 0. The smallest absolute Gasteiger partial charge is 0.196 e. The molecule has 0 amide bonds. The number of pyridine rings is 1. The zero-order chi connectivity index (χ0) is 23.5. The van der Waals surface area contributed by atoms with Gasteiger partial charge >= 0.3 is 0 Å². The maximum absolute atomic E-state index is 14.3. The molecule has 4 aromatic rings. The van der Waals surface area contributed by atoms with Crippen LogP contribution in [0.15, 0.2) is 79.0 Å². The lowest BCUT2D eigenvalue weighted by atomic mass is 9.99. The zero-order valence-electron chi connectivity index (χ0n) is 19.1. The molecule has 1 fully saturated rings. The molecule has 5 nitrogen and oxygen atoms in total. The zero-order valence-corrected chi connectivity index (χ0v) is 19.1. The van der Waals surface area contributed by atoms with E-state index >= 15 is 0 Å². The fraction of sp³-hybridized carbons (Fsp3) is 0.214. The Hall–Kier alpha value is -3.77. The Morgan fingerprint density at radius 3 is 2.41 bits per heavy atom. The molecule has 6 heteroatoms. The van der Waals surface area contributed by atoms with Gasteiger partial charge in [-0.3, -0.25) is 14.7 Å². The summed E-state index contributed by atoms with van der Waals surface area (Å²) in [5.74, 6) is 0.209. The molecule has 0 saturated carbocycles. The number of ketones is 1. The third-order valence-electron chi connectivity index (χ3n) is 6.34. The standard InChI is InChI=1S/C28H26FN3O2/c1-34-23-10-7-21(8-11-23)28(33)25-18-30-26-12-9-22(29)17-24(26)27(25)32-15-13-31(14-16-32)19-20-5-3-2-4-6-20/h2-12,17-18H,13-16,19H2,1H3. The molecule has 1 aliphatic heterocycles. The minimum Gasteiger partial charge on any atom is -0.497 e. The lowest BCUT2D eigenvalue weighted by Crippen LogP contribution is -2.46. The number of methoxy groups -OCH3 is 1. The van der Waals surface area contributed by atoms with E-state index in [1.54, 1.807) is 43.6 Å². The fourth-order valence-electron chi connectivity index (χ4n) is 4.53. The molecule has 172 valence electrons. The van der Waals surface area contributed by atoms with Crippen LogP contribution in [-0.2, 0) is 6.54 Å². The normalized spacial score (nSPS) is 14.4. The molecule has 34 heavy (non-hydrogen) atoms. The van der Waals surface area contributed by atoms with Gasteiger partial charge in [-0.25, -0.2) is 4.39 Å². The molecule has 0 bridgehead atoms. The Labute approximate surface area is 198 Å². The van der Waals surface area contributed by atoms with E-state index in [0.717, 1.165) is 38.4 Å². The first kappa shape index (κ1) is 22.0. The molecule has 0 N–H and O–H groups in total. The second-order valence-electron chi connectivity index (χ2n) is 8.49. The highest BCUT2D eigenvalue weighted by Gasteiger charge is 2.25. The van der Waals surface area contributed by atoms with Crippen molar-refractivity contribution in [3.8, 4) is 5.75 Å². The topological polar surface area (TPSA) is 45.7 Å². The number of aromatic nitrogens is 1. The Morgan fingerprint density at radius 1 is 0.971 bits per heavy atom. The molecule has 1 aliphatic rings. The molecule has 0 atom stereocenters. The molecular formula is C28H26FN3O2. The van der Waals surface area contributed by atoms with Gasteiger partial charge in [0, 0.05) is 49.9 Å². The van der Waals surface area contributed by atoms with E-state index in [-0.39, 0.29) is 11.6 Å². The number of hydrogen-bond donors (Lipinski definition) is 0. The molecule has 0 radical (unpaired) electrons. The Balaban J connectivity index is 1.47. The number of anilines is 1. The van der Waals surface area contributed by atoms with Gasteiger partial charge in [-0.1, -0.05) is 30.3 Å². The summed E-state index contributed by atoms with van der Waals surface area (Å²) in [6.07, 6.45) is 1.62. The molecule has 3 aromatic carbocycles. The summed E-state index contributed by atoms with van der Waals surface area (Å²) in [6.45, 7) is 4.07. The lowest BCUT2D eigenvalue weighted by Gasteiger charge is -2.37. The number of rotatable bonds is 6. The highest BCUT2D eigenvalue weighted by atomic mass is 19.1. The van der Waals surface area contributed by atoms with Crippen molar-refractivity contribution in [2.75, 3.05) is 38.2 Å². The third-order valence-corrected chi connectivity index (χ3v) is 6.34. The van der Waals surface area contributed by atoms with Crippen molar-refractivity contribution in [3.05, 3.63) is 102 Å². The monoisotopic (exact) mass is 455 g/mol. The molecule has 5 rings (SSSR count). The van der Waals surface area contributed by atoms with Crippen LogP contribution in [0.5, 0.6) is 5.75 Å². The van der Waals surface area contributed by atoms with Crippen LogP contribution in [0.4, 0.5) is 10.1 Å². The number of carbonyl (C=O) groups excluding carboxylic acids is 1. The fourth-order valence-corrected chi connectivity index (χ4v) is 4.53. The van der Waals surface area contributed by atoms with E-state index in [9.17, 15) is 9.18 Å². The highest BCUT2D eigenvalue weighted by Crippen LogP contribution is 2.33. The van der Waals surface area contributed by atoms with Gasteiger partial charge in [-0.15, -0.1) is 0 Å². The number of carbonyl (C=O) groups is 1. The summed E-state index contributed by atoms with van der Waals surface area (Å²) in [6, 6.07) is 22.0. The van der Waals surface area contributed by atoms with Crippen LogP contribution in [-0.4, -0.2) is 49.0 Å². The van der Waals surface area contributed by atoms with Crippen LogP contribution in [0.2, 0.25) is 0 Å². The van der Waals surface area contributed by atoms with Crippen molar-refractivity contribution < 1.29 is 13.9 Å². The van der Waals surface area contributed by atoms with Gasteiger partial charge in [-0.2, -0.15) is 0 Å². The SMILES string of the molecule is COc1ccc(C(=O)c2cnc3ccc(F)cc3c2N2CCN(Cc3ccccc3)CC2)cc1. The van der Waals surface area contributed by atoms with Gasteiger partial charge in [0.15, 0.2) is 5.78 Å². The number of hydrogen-bond acceptors (Lipinski definition) is 5. The van der Waals surface area contributed by atoms with Crippen LogP contribution in [0.25, 0.3) is 10.9 Å². The van der Waals surface area contributed by atoms with Gasteiger partial charge in [0.25, 0.3) is 0 Å². The van der Waals surface area contributed by atoms with Crippen molar-refractivity contribution in [3.63, 3.8) is 0 Å². The van der Waals surface area contributed by atoms with Crippen LogP contribution in [0.3, 0.4) is 0 Å². The molecular weight excluding hydrogens is 429 g/mol. The average Bonchev–Trinajstić information content (AvgIpc) is 2.89. The van der Waals surface area contributed by atoms with Crippen molar-refractivity contribution in [1.82, 2.24) is 9.88 Å². The van der Waals surface area contributed by atoms with E-state index in [4.69, 9.17) is 4.74 Å². The van der Waals surface area contributed by atoms with Crippen LogP contribution in [0.1, 0.15) is 21.5 Å². The molecule has 1 aromatic heterocycles. The number of ether oxygens (including phenoxy) is 1. The average molecular weight is 456 g/mol. The van der Waals surface area contributed by atoms with Crippen LogP contribution in [0, 0.1) is 5.82 Å². The van der Waals surface area contributed by atoms with E-state index < -0.39 is 0 Å². The molecule has 0 unspecified atom stereocenters. The van der Waals surface area contributed by atoms with E-state index in [1.807, 2.05) is 6.07 Å². The largest absolute Gasteiger partial charge is 0.497 e. The number of halogens is 1. The van der Waals surface area contributed by atoms with E-state index in [0.29, 0.717) is 27.8 Å². The first-order valence-corrected chi connectivity index (χ1v) is 11.4. The van der Waals surface area contributed by atoms with Crippen molar-refractivity contribution in [2.45, 2.75) is 6.54 Å². The van der Waals surface area contributed by atoms with Gasteiger partial charge in [-0.05, 0) is 48.0 Å². The predicted molar refractivity (Wildman–Crippen MR) is 132 cm³/mol. The highest BCUT2D eigenvalue weighted by molar-refractivity contribution is 6.16. The maximum Gasteiger partial charge on any atom is 0.196 e. The predicted octanol–water partition coefficient (Wildman–Crippen LogP) is 4.94. The van der Waals surface area contributed by atoms with Crippen molar-refractivity contribution in [1.29, 1.82) is 0 Å². The molecule has 2 heterocycles. The summed E-state index contributed by atoms with van der Waals surface area (Å²) < 4.78 is 19.5. The van der Waals surface area contributed by atoms with Crippen molar-refractivity contribution >= 4 is 22.4 Å². The quantitative estimate of drug-likeness (QED) is 0.386. The Bertz CT molecular complexity index is 1300. The first-order chi connectivity index (χ1) is 16.6. The second kappa shape index (κ2) is 9.61. The molecule has 0 aliphatic carbocycles. The summed E-state index contributed by atoms with van der Waals surface area (Å²) in [5, 5.41) is 0.663. The molecule has 0 spiro atoms. The van der Waals surface area contributed by atoms with Crippen molar-refractivity contribution in [2.24, 2.45) is 0 Å². The van der Waals surface area contributed by atoms with Gasteiger partial charge < -0.3 is 9.64 Å². The third kappa shape index (κ3) is 4.50. The maximum atomic E-state index is 14.3. The summed E-state index contributed by atoms with van der Waals surface area (Å²) in [7, 11) is 1.59. The Morgan fingerprint density at radius 2 is 1.71 bits per heavy atom. The van der Waals surface area contributed by atoms with Crippen LogP contribution < -0.4 is 9.64 Å². The van der Waals surface area contributed by atoms with E-state index in [1.165, 1.54) is 17.7 Å². The minimum absolute atomic E-state index is 0.136. The number of benzene rings is 3. The van der Waals surface area contributed by atoms with E-state index in [2.05, 4.69) is 39.0 Å². The number of fused-ring (bicyclic) bond motifs is 1. The second-order valence-corrected chi connectivity index (χ2v) is 8.49. The summed E-state index contributed by atoms with van der Waals surface area (Å²) in [5.41, 5.74) is 3.74. The van der Waals surface area contributed by atoms with Gasteiger partial charge in [0.2, 0.25) is 0 Å². The molecule has 1 saturated heterocycles. The lowest BCUT2D eigenvalue weighted by molar-refractivity contribution is 0.103. The van der Waals surface area contributed by atoms with Gasteiger partial charge in [0.1, 0.15) is 11.6 Å². The Kier molecular flexibility index (Phi) is 6.23. The van der Waals surface area contributed by atoms with Gasteiger partial charge in [0.05, 0.1) is 23.9 Å². The minimum atomic E-state index is -0.340.